The Kier molecular flexibility index (Phi) is 5.39. The molecule has 0 unspecified atom stereocenters. The molecule has 0 saturated heterocycles. The van der Waals surface area contributed by atoms with Gasteiger partial charge in [-0.3, -0.25) is 9.78 Å². The van der Waals surface area contributed by atoms with E-state index in [2.05, 4.69) is 15.3 Å². The number of carbonyl (C=O) groups is 1. The van der Waals surface area contributed by atoms with Crippen LogP contribution in [0.2, 0.25) is 0 Å². The van der Waals surface area contributed by atoms with Gasteiger partial charge in [0, 0.05) is 36.9 Å². The molecule has 0 aliphatic carbocycles. The number of nitrogens with zero attached hydrogens (tertiary/aromatic N) is 3. The van der Waals surface area contributed by atoms with E-state index in [-0.39, 0.29) is 11.7 Å². The Morgan fingerprint density at radius 2 is 1.87 bits per heavy atom. The first-order valence-electron chi connectivity index (χ1n) is 9.60. The number of fused-ring (bicyclic) bond motifs is 1. The summed E-state index contributed by atoms with van der Waals surface area (Å²) in [4.78, 5) is 23.5. The topological polar surface area (TPSA) is 58.1 Å². The van der Waals surface area contributed by atoms with Crippen LogP contribution in [0, 0.1) is 12.7 Å². The highest BCUT2D eigenvalue weighted by atomic mass is 19.1. The second-order valence-corrected chi connectivity index (χ2v) is 7.06. The highest BCUT2D eigenvalue weighted by Crippen LogP contribution is 2.21. The molecule has 5 nitrogen and oxygen atoms in total. The van der Waals surface area contributed by atoms with Crippen LogP contribution in [-0.4, -0.2) is 22.9 Å². The van der Waals surface area contributed by atoms with Gasteiger partial charge in [-0.1, -0.05) is 24.3 Å². The van der Waals surface area contributed by atoms with Gasteiger partial charge in [-0.05, 0) is 48.9 Å². The first-order chi connectivity index (χ1) is 14.5. The average Bonchev–Trinajstić information content (AvgIpc) is 2.77. The van der Waals surface area contributed by atoms with Crippen LogP contribution in [0.3, 0.4) is 0 Å². The highest BCUT2D eigenvalue weighted by Gasteiger charge is 2.12. The van der Waals surface area contributed by atoms with Crippen molar-refractivity contribution in [2.24, 2.45) is 0 Å². The van der Waals surface area contributed by atoms with E-state index in [1.807, 2.05) is 54.4 Å². The van der Waals surface area contributed by atoms with E-state index in [9.17, 15) is 9.18 Å². The summed E-state index contributed by atoms with van der Waals surface area (Å²) < 4.78 is 13.4. The monoisotopic (exact) mass is 400 g/mol. The predicted molar refractivity (Wildman–Crippen MR) is 116 cm³/mol. The summed E-state index contributed by atoms with van der Waals surface area (Å²) in [5.74, 6) is 0.246. The lowest BCUT2D eigenvalue weighted by Gasteiger charge is -2.18. The lowest BCUT2D eigenvalue weighted by molar-refractivity contribution is 0.0950. The van der Waals surface area contributed by atoms with Crippen molar-refractivity contribution >= 4 is 28.3 Å². The first kappa shape index (κ1) is 19.5. The number of benzene rings is 2. The first-order valence-corrected chi connectivity index (χ1v) is 9.60. The normalized spacial score (nSPS) is 10.8. The van der Waals surface area contributed by atoms with Crippen LogP contribution in [0.25, 0.3) is 10.9 Å². The van der Waals surface area contributed by atoms with Crippen LogP contribution in [-0.2, 0) is 6.54 Å². The zero-order chi connectivity index (χ0) is 21.1. The number of pyridine rings is 2. The number of para-hydroxylation sites is 1. The van der Waals surface area contributed by atoms with Gasteiger partial charge in [0.05, 0.1) is 16.8 Å². The van der Waals surface area contributed by atoms with Gasteiger partial charge in [0.2, 0.25) is 0 Å². The van der Waals surface area contributed by atoms with Gasteiger partial charge in [-0.15, -0.1) is 0 Å². The van der Waals surface area contributed by atoms with E-state index in [0.29, 0.717) is 23.3 Å². The smallest absolute Gasteiger partial charge is 0.253 e. The van der Waals surface area contributed by atoms with Gasteiger partial charge >= 0.3 is 0 Å². The number of hydrogen-bond acceptors (Lipinski definition) is 4. The van der Waals surface area contributed by atoms with Crippen molar-refractivity contribution in [2.45, 2.75) is 13.5 Å². The summed E-state index contributed by atoms with van der Waals surface area (Å²) in [6, 6.07) is 19.9. The van der Waals surface area contributed by atoms with Gasteiger partial charge in [-0.25, -0.2) is 9.37 Å². The Morgan fingerprint density at radius 3 is 2.60 bits per heavy atom. The van der Waals surface area contributed by atoms with Gasteiger partial charge in [0.25, 0.3) is 5.91 Å². The number of anilines is 2. The molecule has 2 aromatic heterocycles. The van der Waals surface area contributed by atoms with Crippen molar-refractivity contribution in [2.75, 3.05) is 11.9 Å². The van der Waals surface area contributed by atoms with Gasteiger partial charge in [-0.2, -0.15) is 0 Å². The minimum Gasteiger partial charge on any atom is -0.348 e. The zero-order valence-corrected chi connectivity index (χ0v) is 16.8. The van der Waals surface area contributed by atoms with Crippen LogP contribution in [0.15, 0.2) is 72.9 Å². The number of carbonyl (C=O) groups excluding carboxylic acids is 1. The lowest BCUT2D eigenvalue weighted by Crippen LogP contribution is -2.24. The minimum atomic E-state index is -0.347. The summed E-state index contributed by atoms with van der Waals surface area (Å²) >= 11 is 0. The number of rotatable bonds is 5. The number of nitrogens with one attached hydrogen (secondary N) is 1. The van der Waals surface area contributed by atoms with E-state index >= 15 is 0 Å². The number of hydrogen-bond donors (Lipinski definition) is 1. The molecule has 0 aliphatic rings. The molecule has 4 rings (SSSR count). The standard InChI is InChI=1S/C24H21FN4O/c1-16-21(12-18-9-10-19(25)13-22(18)28-16)24(30)27-15-17-8-11-23(26-14-17)29(2)20-6-4-3-5-7-20/h3-14H,15H2,1-2H3,(H,27,30). The summed E-state index contributed by atoms with van der Waals surface area (Å²) in [6.45, 7) is 2.09. The van der Waals surface area contributed by atoms with Crippen molar-refractivity contribution in [1.82, 2.24) is 15.3 Å². The molecule has 0 aliphatic heterocycles. The molecule has 0 atom stereocenters. The fourth-order valence-electron chi connectivity index (χ4n) is 3.25. The van der Waals surface area contributed by atoms with E-state index < -0.39 is 0 Å². The van der Waals surface area contributed by atoms with Crippen LogP contribution < -0.4 is 10.2 Å². The molecule has 2 heterocycles. The molecule has 1 N–H and O–H groups in total. The summed E-state index contributed by atoms with van der Waals surface area (Å²) in [5, 5.41) is 3.63. The second kappa shape index (κ2) is 8.29. The molecule has 4 aromatic rings. The Morgan fingerprint density at radius 1 is 1.07 bits per heavy atom. The molecule has 150 valence electrons. The maximum Gasteiger partial charge on any atom is 0.253 e. The van der Waals surface area contributed by atoms with E-state index in [4.69, 9.17) is 0 Å². The molecule has 0 spiro atoms. The van der Waals surface area contributed by atoms with E-state index in [1.165, 1.54) is 12.1 Å². The lowest BCUT2D eigenvalue weighted by atomic mass is 10.1. The van der Waals surface area contributed by atoms with Crippen molar-refractivity contribution in [3.63, 3.8) is 0 Å². The SMILES string of the molecule is Cc1nc2cc(F)ccc2cc1C(=O)NCc1ccc(N(C)c2ccccc2)nc1. The van der Waals surface area contributed by atoms with Crippen LogP contribution in [0.5, 0.6) is 0 Å². The summed E-state index contributed by atoms with van der Waals surface area (Å²) in [5.41, 5.74) is 3.50. The van der Waals surface area contributed by atoms with Crippen molar-refractivity contribution < 1.29 is 9.18 Å². The molecule has 0 radical (unpaired) electrons. The molecule has 0 saturated carbocycles. The van der Waals surface area contributed by atoms with Crippen molar-refractivity contribution in [3.8, 4) is 0 Å². The van der Waals surface area contributed by atoms with Gasteiger partial charge in [0.15, 0.2) is 0 Å². The Balaban J connectivity index is 1.44. The minimum absolute atomic E-state index is 0.225. The maximum absolute atomic E-state index is 13.4. The third-order valence-electron chi connectivity index (χ3n) is 4.96. The zero-order valence-electron chi connectivity index (χ0n) is 16.8. The average molecular weight is 400 g/mol. The predicted octanol–water partition coefficient (Wildman–Crippen LogP) is 4.78. The Bertz CT molecular complexity index is 1190. The fraction of sp³-hybridized carbons (Fsp3) is 0.125. The van der Waals surface area contributed by atoms with Crippen LogP contribution >= 0.6 is 0 Å². The molecule has 0 bridgehead atoms. The third-order valence-corrected chi connectivity index (χ3v) is 4.96. The van der Waals surface area contributed by atoms with Crippen molar-refractivity contribution in [3.05, 3.63) is 95.6 Å². The Labute approximate surface area is 174 Å². The Hall–Kier alpha value is -3.80. The maximum atomic E-state index is 13.4. The number of amides is 1. The van der Waals surface area contributed by atoms with E-state index in [1.54, 1.807) is 25.3 Å². The second-order valence-electron chi connectivity index (χ2n) is 7.06. The van der Waals surface area contributed by atoms with Crippen molar-refractivity contribution in [1.29, 1.82) is 0 Å². The van der Waals surface area contributed by atoms with Crippen LogP contribution in [0.4, 0.5) is 15.9 Å². The third kappa shape index (κ3) is 4.12. The quantitative estimate of drug-likeness (QED) is 0.524. The molecule has 0 fully saturated rings. The largest absolute Gasteiger partial charge is 0.348 e. The van der Waals surface area contributed by atoms with Gasteiger partial charge < -0.3 is 10.2 Å². The molecular weight excluding hydrogens is 379 g/mol. The van der Waals surface area contributed by atoms with E-state index in [0.717, 1.165) is 22.5 Å². The molecule has 6 heteroatoms. The number of aryl methyl sites for hydroxylation is 1. The molecule has 30 heavy (non-hydrogen) atoms. The summed E-state index contributed by atoms with van der Waals surface area (Å²) in [6.07, 6.45) is 1.75. The molecule has 1 amide bonds. The fourth-order valence-corrected chi connectivity index (χ4v) is 3.25. The summed E-state index contributed by atoms with van der Waals surface area (Å²) in [7, 11) is 1.96. The molecule has 2 aromatic carbocycles. The van der Waals surface area contributed by atoms with Crippen LogP contribution in [0.1, 0.15) is 21.6 Å². The number of halogens is 1. The highest BCUT2D eigenvalue weighted by molar-refractivity contribution is 5.98. The number of aromatic nitrogens is 2. The molecular formula is C24H21FN4O. The van der Waals surface area contributed by atoms with Gasteiger partial charge in [0.1, 0.15) is 11.6 Å².